The number of aryl methyl sites for hydroxylation is 1. The van der Waals surface area contributed by atoms with Crippen LogP contribution in [0, 0.1) is 0 Å². The van der Waals surface area contributed by atoms with Gasteiger partial charge in [-0.05, 0) is 41.6 Å². The molecule has 2 atom stereocenters. The first-order valence-electron chi connectivity index (χ1n) is 11.5. The minimum atomic E-state index is -0.181. The van der Waals surface area contributed by atoms with Gasteiger partial charge in [-0.3, -0.25) is 14.5 Å². The summed E-state index contributed by atoms with van der Waals surface area (Å²) < 4.78 is 5.88. The van der Waals surface area contributed by atoms with Gasteiger partial charge in [0.1, 0.15) is 5.69 Å². The third kappa shape index (κ3) is 4.24. The number of hydrogen-bond donors (Lipinski definition) is 2. The predicted octanol–water partition coefficient (Wildman–Crippen LogP) is 1.93. The molecule has 2 aromatic heterocycles. The van der Waals surface area contributed by atoms with Crippen molar-refractivity contribution in [1.29, 1.82) is 0 Å². The van der Waals surface area contributed by atoms with Crippen molar-refractivity contribution in [3.05, 3.63) is 69.8 Å². The molecule has 3 aromatic rings. The fourth-order valence-electron chi connectivity index (χ4n) is 4.90. The zero-order valence-electron chi connectivity index (χ0n) is 19.0. The minimum Gasteiger partial charge on any atom is -0.378 e. The maximum absolute atomic E-state index is 12.3. The first-order chi connectivity index (χ1) is 16.1. The largest absolute Gasteiger partial charge is 0.378 e. The van der Waals surface area contributed by atoms with Gasteiger partial charge in [0, 0.05) is 37.8 Å². The van der Waals surface area contributed by atoms with Gasteiger partial charge in [-0.2, -0.15) is 0 Å². The predicted molar refractivity (Wildman–Crippen MR) is 128 cm³/mol. The Morgan fingerprint density at radius 1 is 1.18 bits per heavy atom. The van der Waals surface area contributed by atoms with Crippen LogP contribution >= 0.6 is 0 Å². The molecule has 8 heteroatoms. The summed E-state index contributed by atoms with van der Waals surface area (Å²) in [5.74, 6) is -0.181. The maximum Gasteiger partial charge on any atom is 0.269 e. The number of amides is 1. The van der Waals surface area contributed by atoms with Gasteiger partial charge >= 0.3 is 0 Å². The van der Waals surface area contributed by atoms with Crippen LogP contribution in [0.5, 0.6) is 0 Å². The molecule has 33 heavy (non-hydrogen) atoms. The first kappa shape index (κ1) is 21.6. The molecule has 1 amide bonds. The van der Waals surface area contributed by atoms with E-state index in [4.69, 9.17) is 4.74 Å². The Kier molecular flexibility index (Phi) is 5.86. The standard InChI is InChI=1S/C25H29N5O3/c1-3-17-9-18-5-4-16(8-23(18)28-24(17)31)11-30-20-12-29(13-21(30)15-33-14-20)19-6-7-22(27-10-19)25(32)26-2/h4-10,20-21H,3,11-15H2,1-2H3,(H,26,32)(H,28,31). The summed E-state index contributed by atoms with van der Waals surface area (Å²) in [6.07, 6.45) is 2.51. The molecule has 2 N–H and O–H groups in total. The summed E-state index contributed by atoms with van der Waals surface area (Å²) >= 11 is 0. The van der Waals surface area contributed by atoms with Gasteiger partial charge in [-0.15, -0.1) is 0 Å². The third-order valence-corrected chi connectivity index (χ3v) is 6.73. The van der Waals surface area contributed by atoms with Crippen LogP contribution in [0.15, 0.2) is 47.4 Å². The molecule has 5 rings (SSSR count). The Balaban J connectivity index is 1.33. The summed E-state index contributed by atoms with van der Waals surface area (Å²) in [7, 11) is 1.61. The number of pyridine rings is 2. The van der Waals surface area contributed by atoms with E-state index in [0.29, 0.717) is 18.9 Å². The summed E-state index contributed by atoms with van der Waals surface area (Å²) in [6, 6.07) is 12.6. The van der Waals surface area contributed by atoms with Crippen LogP contribution in [-0.4, -0.2) is 66.2 Å². The molecule has 0 saturated carbocycles. The number of H-pyrrole nitrogens is 1. The highest BCUT2D eigenvalue weighted by molar-refractivity contribution is 5.92. The summed E-state index contributed by atoms with van der Waals surface area (Å²) in [5, 5.41) is 3.67. The molecular formula is C25H29N5O3. The number of anilines is 1. The maximum atomic E-state index is 12.3. The minimum absolute atomic E-state index is 0.00270. The highest BCUT2D eigenvalue weighted by atomic mass is 16.5. The fourth-order valence-corrected chi connectivity index (χ4v) is 4.90. The second-order valence-corrected chi connectivity index (χ2v) is 8.80. The number of carbonyl (C=O) groups excluding carboxylic acids is 1. The number of fused-ring (bicyclic) bond motifs is 3. The average molecular weight is 448 g/mol. The Hall–Kier alpha value is -3.23. The molecule has 8 nitrogen and oxygen atoms in total. The van der Waals surface area contributed by atoms with Crippen molar-refractivity contribution >= 4 is 22.5 Å². The molecule has 2 saturated heterocycles. The monoisotopic (exact) mass is 447 g/mol. The lowest BCUT2D eigenvalue weighted by Gasteiger charge is -2.50. The lowest BCUT2D eigenvalue weighted by atomic mass is 10.0. The van der Waals surface area contributed by atoms with Crippen molar-refractivity contribution in [3.8, 4) is 0 Å². The molecule has 2 aliphatic rings. The van der Waals surface area contributed by atoms with Crippen molar-refractivity contribution in [2.45, 2.75) is 32.0 Å². The highest BCUT2D eigenvalue weighted by Crippen LogP contribution is 2.28. The quantitative estimate of drug-likeness (QED) is 0.621. The van der Waals surface area contributed by atoms with Gasteiger partial charge in [-0.25, -0.2) is 4.98 Å². The van der Waals surface area contributed by atoms with Crippen LogP contribution in [0.2, 0.25) is 0 Å². The van der Waals surface area contributed by atoms with E-state index in [1.807, 2.05) is 19.1 Å². The number of aromatic amines is 1. The lowest BCUT2D eigenvalue weighted by molar-refractivity contribution is -0.0619. The van der Waals surface area contributed by atoms with E-state index in [9.17, 15) is 9.59 Å². The van der Waals surface area contributed by atoms with E-state index in [-0.39, 0.29) is 23.6 Å². The number of nitrogens with zero attached hydrogens (tertiary/aromatic N) is 3. The second kappa shape index (κ2) is 8.96. The molecule has 2 aliphatic heterocycles. The number of benzene rings is 1. The molecule has 2 bridgehead atoms. The number of piperazine rings is 1. The molecule has 2 fully saturated rings. The molecule has 172 valence electrons. The highest BCUT2D eigenvalue weighted by Gasteiger charge is 2.38. The SMILES string of the molecule is CCc1cc2ccc(CN3C4COCC3CN(c3ccc(C(=O)NC)nc3)C4)cc2[nH]c1=O. The Morgan fingerprint density at radius 3 is 2.64 bits per heavy atom. The van der Waals surface area contributed by atoms with Crippen molar-refractivity contribution in [2.75, 3.05) is 38.3 Å². The van der Waals surface area contributed by atoms with E-state index in [1.165, 1.54) is 5.56 Å². The van der Waals surface area contributed by atoms with Crippen LogP contribution in [0.1, 0.15) is 28.5 Å². The number of ether oxygens (including phenoxy) is 1. The number of aromatic nitrogens is 2. The van der Waals surface area contributed by atoms with Crippen LogP contribution in [0.4, 0.5) is 5.69 Å². The fraction of sp³-hybridized carbons (Fsp3) is 0.400. The van der Waals surface area contributed by atoms with E-state index < -0.39 is 0 Å². The van der Waals surface area contributed by atoms with E-state index in [2.05, 4.69) is 43.3 Å². The van der Waals surface area contributed by atoms with E-state index >= 15 is 0 Å². The Bertz CT molecular complexity index is 1210. The molecule has 0 aliphatic carbocycles. The zero-order chi connectivity index (χ0) is 22.9. The third-order valence-electron chi connectivity index (χ3n) is 6.73. The van der Waals surface area contributed by atoms with Crippen molar-refractivity contribution in [1.82, 2.24) is 20.2 Å². The van der Waals surface area contributed by atoms with Crippen molar-refractivity contribution in [3.63, 3.8) is 0 Å². The zero-order valence-corrected chi connectivity index (χ0v) is 19.0. The lowest BCUT2D eigenvalue weighted by Crippen LogP contribution is -2.64. The van der Waals surface area contributed by atoms with Gasteiger partial charge in [0.2, 0.25) is 0 Å². The smallest absolute Gasteiger partial charge is 0.269 e. The first-order valence-corrected chi connectivity index (χ1v) is 11.5. The van der Waals surface area contributed by atoms with Gasteiger partial charge in [0.15, 0.2) is 0 Å². The molecular weight excluding hydrogens is 418 g/mol. The van der Waals surface area contributed by atoms with Crippen LogP contribution in [0.25, 0.3) is 10.9 Å². The van der Waals surface area contributed by atoms with Crippen LogP contribution < -0.4 is 15.8 Å². The summed E-state index contributed by atoms with van der Waals surface area (Å²) in [4.78, 5) is 36.3. The number of carbonyl (C=O) groups is 1. The number of nitrogens with one attached hydrogen (secondary N) is 2. The average Bonchev–Trinajstić information content (AvgIpc) is 2.83. The van der Waals surface area contributed by atoms with Crippen LogP contribution in [-0.2, 0) is 17.7 Å². The van der Waals surface area contributed by atoms with Gasteiger partial charge in [0.05, 0.1) is 37.2 Å². The summed E-state index contributed by atoms with van der Waals surface area (Å²) in [5.41, 5.74) is 4.33. The molecule has 0 spiro atoms. The number of hydrogen-bond acceptors (Lipinski definition) is 6. The van der Waals surface area contributed by atoms with Crippen LogP contribution in [0.3, 0.4) is 0 Å². The number of morpholine rings is 1. The van der Waals surface area contributed by atoms with Gasteiger partial charge < -0.3 is 19.9 Å². The van der Waals surface area contributed by atoms with Crippen molar-refractivity contribution < 1.29 is 9.53 Å². The van der Waals surface area contributed by atoms with E-state index in [0.717, 1.165) is 48.2 Å². The molecule has 2 unspecified atom stereocenters. The van der Waals surface area contributed by atoms with Gasteiger partial charge in [-0.1, -0.05) is 19.1 Å². The molecule has 4 heterocycles. The topological polar surface area (TPSA) is 90.6 Å². The molecule has 1 aromatic carbocycles. The Labute approximate surface area is 192 Å². The summed E-state index contributed by atoms with van der Waals surface area (Å²) in [6.45, 7) is 5.84. The normalized spacial score (nSPS) is 20.7. The second-order valence-electron chi connectivity index (χ2n) is 8.80. The van der Waals surface area contributed by atoms with E-state index in [1.54, 1.807) is 19.3 Å². The Morgan fingerprint density at radius 2 is 1.97 bits per heavy atom. The molecule has 0 radical (unpaired) electrons. The van der Waals surface area contributed by atoms with Crippen molar-refractivity contribution in [2.24, 2.45) is 0 Å². The number of rotatable bonds is 5. The van der Waals surface area contributed by atoms with Gasteiger partial charge in [0.25, 0.3) is 11.5 Å².